The number of rotatable bonds is 9. The van der Waals surface area contributed by atoms with Crippen LogP contribution in [0.25, 0.3) is 5.65 Å². The number of amides is 2. The normalized spacial score (nSPS) is 11.0. The number of fused-ring (bicyclic) bond motifs is 1. The molecule has 0 saturated carbocycles. The highest BCUT2D eigenvalue weighted by molar-refractivity contribution is 5.73. The Hall–Kier alpha value is -3.22. The van der Waals surface area contributed by atoms with Crippen LogP contribution in [0.2, 0.25) is 0 Å². The van der Waals surface area contributed by atoms with Gasteiger partial charge in [0.2, 0.25) is 0 Å². The number of benzene rings is 1. The maximum atomic E-state index is 12.2. The van der Waals surface area contributed by atoms with Crippen LogP contribution in [0.4, 0.5) is 4.79 Å². The van der Waals surface area contributed by atoms with Gasteiger partial charge < -0.3 is 24.5 Å². The highest BCUT2D eigenvalue weighted by Crippen LogP contribution is 2.28. The molecule has 30 heavy (non-hydrogen) atoms. The molecule has 3 rings (SSSR count). The largest absolute Gasteiger partial charge is 0.493 e. The number of aryl methyl sites for hydroxylation is 1. The molecule has 2 heterocycles. The number of ether oxygens (including phenoxy) is 2. The molecular weight excluding hydrogens is 380 g/mol. The predicted octanol–water partition coefficient (Wildman–Crippen LogP) is 4.08. The monoisotopic (exact) mass is 410 g/mol. The molecule has 0 atom stereocenters. The Labute approximate surface area is 177 Å². The molecule has 0 fully saturated rings. The van der Waals surface area contributed by atoms with Crippen LogP contribution in [-0.2, 0) is 13.1 Å². The zero-order valence-corrected chi connectivity index (χ0v) is 18.1. The molecular formula is C23H30N4O3. The first-order chi connectivity index (χ1) is 14.5. The van der Waals surface area contributed by atoms with Crippen LogP contribution < -0.4 is 20.1 Å². The molecule has 2 aromatic heterocycles. The van der Waals surface area contributed by atoms with Gasteiger partial charge in [0.25, 0.3) is 0 Å². The quantitative estimate of drug-likeness (QED) is 0.557. The molecule has 0 aliphatic carbocycles. The maximum Gasteiger partial charge on any atom is 0.315 e. The van der Waals surface area contributed by atoms with E-state index in [2.05, 4.69) is 29.5 Å². The minimum Gasteiger partial charge on any atom is -0.493 e. The molecule has 7 heteroatoms. The lowest BCUT2D eigenvalue weighted by molar-refractivity contribution is 0.240. The minimum absolute atomic E-state index is 0.250. The lowest BCUT2D eigenvalue weighted by Gasteiger charge is -2.13. The summed E-state index contributed by atoms with van der Waals surface area (Å²) in [5, 5.41) is 5.71. The van der Waals surface area contributed by atoms with Gasteiger partial charge in [-0.05, 0) is 49.1 Å². The number of hydrogen-bond acceptors (Lipinski definition) is 4. The first-order valence-corrected chi connectivity index (χ1v) is 10.2. The van der Waals surface area contributed by atoms with Crippen molar-refractivity contribution in [2.24, 2.45) is 5.92 Å². The van der Waals surface area contributed by atoms with E-state index >= 15 is 0 Å². The third kappa shape index (κ3) is 5.65. The SMILES string of the molecule is COc1cc(CNC(=O)NCc2cn3c(C)cccc3n2)ccc1OCCC(C)C. The van der Waals surface area contributed by atoms with Crippen molar-refractivity contribution in [2.45, 2.75) is 40.3 Å². The van der Waals surface area contributed by atoms with E-state index in [0.717, 1.165) is 29.0 Å². The lowest BCUT2D eigenvalue weighted by Crippen LogP contribution is -2.34. The number of urea groups is 1. The van der Waals surface area contributed by atoms with Gasteiger partial charge in [-0.1, -0.05) is 26.0 Å². The summed E-state index contributed by atoms with van der Waals surface area (Å²) in [6.07, 6.45) is 2.92. The van der Waals surface area contributed by atoms with Crippen molar-refractivity contribution in [1.82, 2.24) is 20.0 Å². The van der Waals surface area contributed by atoms with Gasteiger partial charge in [0, 0.05) is 18.4 Å². The molecule has 0 spiro atoms. The van der Waals surface area contributed by atoms with Crippen molar-refractivity contribution in [2.75, 3.05) is 13.7 Å². The summed E-state index contributed by atoms with van der Waals surface area (Å²) in [5.41, 5.74) is 3.71. The van der Waals surface area contributed by atoms with Crippen molar-refractivity contribution in [3.63, 3.8) is 0 Å². The molecule has 3 aromatic rings. The summed E-state index contributed by atoms with van der Waals surface area (Å²) < 4.78 is 13.2. The average molecular weight is 411 g/mol. The number of nitrogens with zero attached hydrogens (tertiary/aromatic N) is 2. The highest BCUT2D eigenvalue weighted by atomic mass is 16.5. The van der Waals surface area contributed by atoms with Gasteiger partial charge >= 0.3 is 6.03 Å². The first-order valence-electron chi connectivity index (χ1n) is 10.2. The van der Waals surface area contributed by atoms with E-state index in [1.54, 1.807) is 7.11 Å². The van der Waals surface area contributed by atoms with Crippen LogP contribution in [0.15, 0.2) is 42.6 Å². The van der Waals surface area contributed by atoms with Crippen molar-refractivity contribution in [1.29, 1.82) is 0 Å². The van der Waals surface area contributed by atoms with E-state index in [0.29, 0.717) is 37.1 Å². The maximum absolute atomic E-state index is 12.2. The second kappa shape index (κ2) is 10.0. The van der Waals surface area contributed by atoms with E-state index in [1.807, 2.05) is 53.9 Å². The number of hydrogen-bond donors (Lipinski definition) is 2. The van der Waals surface area contributed by atoms with Crippen LogP contribution in [0, 0.1) is 12.8 Å². The summed E-state index contributed by atoms with van der Waals surface area (Å²) in [7, 11) is 1.62. The van der Waals surface area contributed by atoms with Gasteiger partial charge in [0.1, 0.15) is 5.65 Å². The molecule has 0 bridgehead atoms. The van der Waals surface area contributed by atoms with Gasteiger partial charge in [-0.15, -0.1) is 0 Å². The molecule has 1 aromatic carbocycles. The molecule has 2 amide bonds. The summed E-state index contributed by atoms with van der Waals surface area (Å²) >= 11 is 0. The van der Waals surface area contributed by atoms with Crippen LogP contribution >= 0.6 is 0 Å². The highest BCUT2D eigenvalue weighted by Gasteiger charge is 2.09. The molecule has 7 nitrogen and oxygen atoms in total. The fraction of sp³-hybridized carbons (Fsp3) is 0.391. The topological polar surface area (TPSA) is 76.9 Å². The van der Waals surface area contributed by atoms with Crippen molar-refractivity contribution >= 4 is 11.7 Å². The lowest BCUT2D eigenvalue weighted by atomic mass is 10.1. The Balaban J connectivity index is 1.50. The minimum atomic E-state index is -0.250. The summed E-state index contributed by atoms with van der Waals surface area (Å²) in [6.45, 7) is 7.74. The average Bonchev–Trinajstić information content (AvgIpc) is 3.15. The zero-order chi connectivity index (χ0) is 21.5. The van der Waals surface area contributed by atoms with Crippen LogP contribution in [0.1, 0.15) is 37.2 Å². The Bertz CT molecular complexity index is 997. The number of imidazole rings is 1. The molecule has 2 N–H and O–H groups in total. The van der Waals surface area contributed by atoms with Crippen LogP contribution in [0.3, 0.4) is 0 Å². The van der Waals surface area contributed by atoms with Crippen molar-refractivity contribution < 1.29 is 14.3 Å². The Morgan fingerprint density at radius 1 is 1.13 bits per heavy atom. The Morgan fingerprint density at radius 3 is 2.67 bits per heavy atom. The zero-order valence-electron chi connectivity index (χ0n) is 18.1. The number of carbonyl (C=O) groups excluding carboxylic acids is 1. The third-order valence-corrected chi connectivity index (χ3v) is 4.81. The molecule has 0 unspecified atom stereocenters. The van der Waals surface area contributed by atoms with E-state index in [-0.39, 0.29) is 6.03 Å². The van der Waals surface area contributed by atoms with E-state index in [9.17, 15) is 4.79 Å². The summed E-state index contributed by atoms with van der Waals surface area (Å²) in [5.74, 6) is 1.97. The fourth-order valence-corrected chi connectivity index (χ4v) is 3.05. The van der Waals surface area contributed by atoms with Crippen LogP contribution in [0.5, 0.6) is 11.5 Å². The second-order valence-electron chi connectivity index (χ2n) is 7.68. The molecule has 0 aliphatic rings. The first kappa shape index (κ1) is 21.5. The second-order valence-corrected chi connectivity index (χ2v) is 7.68. The van der Waals surface area contributed by atoms with E-state index in [4.69, 9.17) is 9.47 Å². The third-order valence-electron chi connectivity index (χ3n) is 4.81. The van der Waals surface area contributed by atoms with Gasteiger partial charge in [-0.2, -0.15) is 0 Å². The Morgan fingerprint density at radius 2 is 1.93 bits per heavy atom. The number of nitrogens with one attached hydrogen (secondary N) is 2. The number of methoxy groups -OCH3 is 1. The van der Waals surface area contributed by atoms with Crippen molar-refractivity contribution in [3.8, 4) is 11.5 Å². The predicted molar refractivity (Wildman–Crippen MR) is 117 cm³/mol. The molecule has 0 radical (unpaired) electrons. The molecule has 0 saturated heterocycles. The standard InChI is InChI=1S/C23H30N4O3/c1-16(2)10-11-30-20-9-8-18(12-21(20)29-4)13-24-23(28)25-14-19-15-27-17(3)6-5-7-22(27)26-19/h5-9,12,15-16H,10-11,13-14H2,1-4H3,(H2,24,25,28). The van der Waals surface area contributed by atoms with Gasteiger partial charge in [0.15, 0.2) is 11.5 Å². The van der Waals surface area contributed by atoms with Gasteiger partial charge in [0.05, 0.1) is 26.0 Å². The number of carbonyl (C=O) groups is 1. The molecule has 0 aliphatic heterocycles. The Kier molecular flexibility index (Phi) is 7.17. The van der Waals surface area contributed by atoms with Crippen molar-refractivity contribution in [3.05, 3.63) is 59.5 Å². The van der Waals surface area contributed by atoms with E-state index in [1.165, 1.54) is 0 Å². The molecule has 160 valence electrons. The van der Waals surface area contributed by atoms with Crippen LogP contribution in [-0.4, -0.2) is 29.1 Å². The summed E-state index contributed by atoms with van der Waals surface area (Å²) in [4.78, 5) is 16.7. The number of aromatic nitrogens is 2. The van der Waals surface area contributed by atoms with Gasteiger partial charge in [-0.25, -0.2) is 9.78 Å². The summed E-state index contributed by atoms with van der Waals surface area (Å²) in [6, 6.07) is 11.4. The smallest absolute Gasteiger partial charge is 0.315 e. The fourth-order valence-electron chi connectivity index (χ4n) is 3.05. The van der Waals surface area contributed by atoms with Gasteiger partial charge in [-0.3, -0.25) is 0 Å². The van der Waals surface area contributed by atoms with E-state index < -0.39 is 0 Å². The number of pyridine rings is 1.